The van der Waals surface area contributed by atoms with Crippen molar-refractivity contribution in [1.29, 1.82) is 0 Å². The molecule has 0 aromatic heterocycles. The quantitative estimate of drug-likeness (QED) is 0.462. The molecule has 2 saturated heterocycles. The summed E-state index contributed by atoms with van der Waals surface area (Å²) < 4.78 is 23.4. The van der Waals surface area contributed by atoms with Crippen molar-refractivity contribution < 1.29 is 22.8 Å². The monoisotopic (exact) mass is 552 g/mol. The smallest absolute Gasteiger partial charge is 0.325 e. The van der Waals surface area contributed by atoms with Crippen LogP contribution in [-0.4, -0.2) is 67.5 Å². The molecule has 9 nitrogen and oxygen atoms in total. The summed E-state index contributed by atoms with van der Waals surface area (Å²) in [6.07, 6.45) is 5.99. The molecule has 208 valence electrons. The molecule has 1 spiro atoms. The van der Waals surface area contributed by atoms with E-state index in [4.69, 9.17) is 0 Å². The summed E-state index contributed by atoms with van der Waals surface area (Å²) >= 11 is 0. The van der Waals surface area contributed by atoms with Crippen molar-refractivity contribution >= 4 is 27.7 Å². The van der Waals surface area contributed by atoms with E-state index in [2.05, 4.69) is 15.5 Å². The van der Waals surface area contributed by atoms with E-state index in [1.54, 1.807) is 12.1 Å². The molecule has 1 aliphatic carbocycles. The lowest BCUT2D eigenvalue weighted by Gasteiger charge is -2.38. The molecule has 10 heteroatoms. The van der Waals surface area contributed by atoms with Crippen molar-refractivity contribution in [3.8, 4) is 0 Å². The van der Waals surface area contributed by atoms with Crippen LogP contribution >= 0.6 is 0 Å². The van der Waals surface area contributed by atoms with Crippen LogP contribution in [0.25, 0.3) is 0 Å². The van der Waals surface area contributed by atoms with E-state index >= 15 is 0 Å². The number of nitrogens with one attached hydrogen (secondary N) is 2. The number of hydrogen-bond donors (Lipinski definition) is 2. The van der Waals surface area contributed by atoms with Gasteiger partial charge in [-0.3, -0.25) is 14.5 Å². The van der Waals surface area contributed by atoms with Gasteiger partial charge in [-0.15, -0.1) is 0 Å². The van der Waals surface area contributed by atoms with Gasteiger partial charge in [0.2, 0.25) is 5.91 Å². The minimum Gasteiger partial charge on any atom is -0.349 e. The normalized spacial score (nSPS) is 20.5. The Morgan fingerprint density at radius 2 is 1.72 bits per heavy atom. The van der Waals surface area contributed by atoms with Crippen LogP contribution in [-0.2, 0) is 26.0 Å². The molecule has 2 aliphatic heterocycles. The number of rotatable bonds is 9. The maximum Gasteiger partial charge on any atom is 0.325 e. The highest BCUT2D eigenvalue weighted by Gasteiger charge is 2.52. The van der Waals surface area contributed by atoms with Crippen LogP contribution in [0.3, 0.4) is 0 Å². The Labute approximate surface area is 229 Å². The summed E-state index contributed by atoms with van der Waals surface area (Å²) in [5, 5.41) is 6.21. The van der Waals surface area contributed by atoms with Gasteiger partial charge in [0.1, 0.15) is 5.54 Å². The van der Waals surface area contributed by atoms with E-state index in [-0.39, 0.29) is 35.2 Å². The summed E-state index contributed by atoms with van der Waals surface area (Å²) in [6, 6.07) is 15.8. The first-order chi connectivity index (χ1) is 18.6. The van der Waals surface area contributed by atoms with Gasteiger partial charge in [-0.1, -0.05) is 48.9 Å². The zero-order chi connectivity index (χ0) is 27.6. The molecule has 1 atom stereocenters. The van der Waals surface area contributed by atoms with Crippen molar-refractivity contribution in [2.75, 3.05) is 25.9 Å². The number of imide groups is 1. The van der Waals surface area contributed by atoms with Gasteiger partial charge < -0.3 is 15.5 Å². The molecular weight excluding hydrogens is 516 g/mol. The minimum atomic E-state index is -3.32. The van der Waals surface area contributed by atoms with E-state index in [1.165, 1.54) is 17.0 Å². The second-order valence-corrected chi connectivity index (χ2v) is 13.1. The number of carbonyl (C=O) groups excluding carboxylic acids is 3. The highest BCUT2D eigenvalue weighted by atomic mass is 32.2. The van der Waals surface area contributed by atoms with Gasteiger partial charge in [0.25, 0.3) is 5.91 Å². The molecule has 1 saturated carbocycles. The summed E-state index contributed by atoms with van der Waals surface area (Å²) in [4.78, 5) is 42.6. The third kappa shape index (κ3) is 6.01. The Morgan fingerprint density at radius 3 is 2.31 bits per heavy atom. The second-order valence-electron chi connectivity index (χ2n) is 11.0. The van der Waals surface area contributed by atoms with Gasteiger partial charge in [-0.05, 0) is 55.4 Å². The van der Waals surface area contributed by atoms with Crippen LogP contribution in [0, 0.1) is 5.92 Å². The molecule has 2 heterocycles. The number of sulfone groups is 1. The maximum absolute atomic E-state index is 13.4. The lowest BCUT2D eigenvalue weighted by Crippen LogP contribution is -2.55. The van der Waals surface area contributed by atoms with Gasteiger partial charge in [-0.2, -0.15) is 0 Å². The topological polar surface area (TPSA) is 116 Å². The van der Waals surface area contributed by atoms with Crippen LogP contribution in [0.15, 0.2) is 59.5 Å². The van der Waals surface area contributed by atoms with Gasteiger partial charge >= 0.3 is 6.03 Å². The predicted octanol–water partition coefficient (Wildman–Crippen LogP) is 3.02. The molecule has 39 heavy (non-hydrogen) atoms. The summed E-state index contributed by atoms with van der Waals surface area (Å²) in [6.45, 7) is 2.21. The zero-order valence-corrected chi connectivity index (χ0v) is 23.1. The number of urea groups is 1. The first-order valence-electron chi connectivity index (χ1n) is 13.7. The average molecular weight is 553 g/mol. The molecule has 2 N–H and O–H groups in total. The van der Waals surface area contributed by atoms with Crippen LogP contribution in [0.4, 0.5) is 4.79 Å². The van der Waals surface area contributed by atoms with E-state index in [1.807, 2.05) is 30.3 Å². The number of carbonyl (C=O) groups is 3. The molecular formula is C29H36N4O5S. The van der Waals surface area contributed by atoms with E-state index in [0.717, 1.165) is 44.0 Å². The van der Waals surface area contributed by atoms with E-state index in [9.17, 15) is 22.8 Å². The third-order valence-electron chi connectivity index (χ3n) is 8.38. The molecule has 0 bridgehead atoms. The first kappa shape index (κ1) is 27.3. The number of amides is 4. The van der Waals surface area contributed by atoms with Crippen molar-refractivity contribution in [2.45, 2.75) is 61.5 Å². The van der Waals surface area contributed by atoms with Crippen LogP contribution in [0.2, 0.25) is 0 Å². The highest BCUT2D eigenvalue weighted by Crippen LogP contribution is 2.32. The van der Waals surface area contributed by atoms with Crippen LogP contribution in [0.1, 0.15) is 55.7 Å². The Balaban J connectivity index is 1.17. The van der Waals surface area contributed by atoms with Crippen molar-refractivity contribution in [3.05, 3.63) is 65.7 Å². The number of nitrogens with zero attached hydrogens (tertiary/aromatic N) is 2. The summed E-state index contributed by atoms with van der Waals surface area (Å²) in [7, 11) is -3.32. The molecule has 0 radical (unpaired) electrons. The Kier molecular flexibility index (Phi) is 7.77. The number of likely N-dealkylation sites (tertiary alicyclic amines) is 1. The Morgan fingerprint density at radius 1 is 1.05 bits per heavy atom. The Bertz CT molecular complexity index is 1320. The number of hydrogen-bond acceptors (Lipinski definition) is 6. The SMILES string of the molecule is CS(=O)(=O)c1ccc(CN2C(=O)NC3(CCN(CC[C@H](NC(=O)C4CCC4)c4ccccc4)CC3)C2=O)cc1. The van der Waals surface area contributed by atoms with Gasteiger partial charge in [-0.25, -0.2) is 13.2 Å². The molecule has 2 aromatic rings. The molecule has 3 fully saturated rings. The first-order valence-corrected chi connectivity index (χ1v) is 15.5. The zero-order valence-electron chi connectivity index (χ0n) is 22.3. The lowest BCUT2D eigenvalue weighted by atomic mass is 9.84. The van der Waals surface area contributed by atoms with Crippen molar-refractivity contribution in [2.24, 2.45) is 5.92 Å². The lowest BCUT2D eigenvalue weighted by molar-refractivity contribution is -0.133. The molecule has 2 aromatic carbocycles. The second kappa shape index (κ2) is 11.1. The standard InChI is InChI=1S/C29H36N4O5S/c1-39(37,38)24-12-10-21(11-13-24)20-33-27(35)29(31-28(33)36)15-18-32(19-16-29)17-14-25(22-6-3-2-4-7-22)30-26(34)23-8-5-9-23/h2-4,6-7,10-13,23,25H,5,8-9,14-20H2,1H3,(H,30,34)(H,31,36)/t25-/m0/s1. The molecule has 0 unspecified atom stereocenters. The largest absolute Gasteiger partial charge is 0.349 e. The third-order valence-corrected chi connectivity index (χ3v) is 9.50. The number of benzene rings is 2. The van der Waals surface area contributed by atoms with Gasteiger partial charge in [0.15, 0.2) is 9.84 Å². The van der Waals surface area contributed by atoms with Crippen LogP contribution < -0.4 is 10.6 Å². The van der Waals surface area contributed by atoms with Crippen LogP contribution in [0.5, 0.6) is 0 Å². The summed E-state index contributed by atoms with van der Waals surface area (Å²) in [5.74, 6) is 0.0379. The van der Waals surface area contributed by atoms with E-state index in [0.29, 0.717) is 31.5 Å². The van der Waals surface area contributed by atoms with Gasteiger partial charge in [0, 0.05) is 31.8 Å². The predicted molar refractivity (Wildman–Crippen MR) is 146 cm³/mol. The summed E-state index contributed by atoms with van der Waals surface area (Å²) in [5.41, 5.74) is 0.880. The average Bonchev–Trinajstić information content (AvgIpc) is 3.10. The fourth-order valence-electron chi connectivity index (χ4n) is 5.62. The van der Waals surface area contributed by atoms with E-state index < -0.39 is 21.4 Å². The van der Waals surface area contributed by atoms with Gasteiger partial charge in [0.05, 0.1) is 17.5 Å². The van der Waals surface area contributed by atoms with Crippen molar-refractivity contribution in [3.63, 3.8) is 0 Å². The Hall–Kier alpha value is -3.24. The molecule has 5 rings (SSSR count). The minimum absolute atomic E-state index is 0.0624. The maximum atomic E-state index is 13.4. The fraction of sp³-hybridized carbons (Fsp3) is 0.483. The molecule has 4 amide bonds. The molecule has 3 aliphatic rings. The number of piperidine rings is 1. The van der Waals surface area contributed by atoms with Crippen molar-refractivity contribution in [1.82, 2.24) is 20.4 Å². The fourth-order valence-corrected chi connectivity index (χ4v) is 6.25. The highest BCUT2D eigenvalue weighted by molar-refractivity contribution is 7.90.